The van der Waals surface area contributed by atoms with Crippen LogP contribution in [0, 0.1) is 5.92 Å². The lowest BCUT2D eigenvalue weighted by atomic mass is 10.1. The van der Waals surface area contributed by atoms with Gasteiger partial charge >= 0.3 is 5.97 Å². The van der Waals surface area contributed by atoms with Crippen LogP contribution in [0.15, 0.2) is 24.3 Å². The van der Waals surface area contributed by atoms with Crippen molar-refractivity contribution in [2.45, 2.75) is 12.8 Å². The summed E-state index contributed by atoms with van der Waals surface area (Å²) >= 11 is 0. The van der Waals surface area contributed by atoms with Gasteiger partial charge in [-0.2, -0.15) is 0 Å². The number of anilines is 1. The van der Waals surface area contributed by atoms with Gasteiger partial charge in [0.15, 0.2) is 0 Å². The number of hydrogen-bond donors (Lipinski definition) is 2. The molecule has 2 rings (SSSR count). The second-order valence-corrected chi connectivity index (χ2v) is 5.24. The van der Waals surface area contributed by atoms with Crippen LogP contribution in [0.2, 0.25) is 0 Å². The van der Waals surface area contributed by atoms with E-state index in [9.17, 15) is 9.59 Å². The van der Waals surface area contributed by atoms with Gasteiger partial charge < -0.3 is 15.2 Å². The molecule has 1 aliphatic rings. The summed E-state index contributed by atoms with van der Waals surface area (Å²) in [6.07, 6.45) is 0.999. The maximum Gasteiger partial charge on any atom is 0.303 e. The molecule has 6 heteroatoms. The number of nitrogens with one attached hydrogen (secondary N) is 1. The molecular formula is C15H20N2O4. The second kappa shape index (κ2) is 7.08. The van der Waals surface area contributed by atoms with Crippen molar-refractivity contribution >= 4 is 17.6 Å². The first kappa shape index (κ1) is 15.3. The van der Waals surface area contributed by atoms with E-state index >= 15 is 0 Å². The van der Waals surface area contributed by atoms with Gasteiger partial charge in [-0.1, -0.05) is 12.1 Å². The molecule has 1 aliphatic heterocycles. The van der Waals surface area contributed by atoms with E-state index in [4.69, 9.17) is 9.84 Å². The first-order valence-electron chi connectivity index (χ1n) is 6.95. The molecule has 0 bridgehead atoms. The van der Waals surface area contributed by atoms with E-state index in [1.54, 1.807) is 19.2 Å². The Bertz CT molecular complexity index is 518. The fraction of sp³-hybridized carbons (Fsp3) is 0.467. The number of amides is 1. The van der Waals surface area contributed by atoms with Crippen molar-refractivity contribution < 1.29 is 19.4 Å². The number of carbonyl (C=O) groups excluding carboxylic acids is 1. The Morgan fingerprint density at radius 1 is 1.43 bits per heavy atom. The van der Waals surface area contributed by atoms with E-state index in [0.29, 0.717) is 18.0 Å². The summed E-state index contributed by atoms with van der Waals surface area (Å²) < 4.78 is 5.18. The molecule has 0 radical (unpaired) electrons. The van der Waals surface area contributed by atoms with Gasteiger partial charge in [0.2, 0.25) is 5.91 Å². The number of likely N-dealkylation sites (tertiary alicyclic amines) is 1. The molecule has 0 aliphatic carbocycles. The Hall–Kier alpha value is -2.08. The fourth-order valence-corrected chi connectivity index (χ4v) is 2.61. The molecule has 1 aromatic carbocycles. The monoisotopic (exact) mass is 292 g/mol. The van der Waals surface area contributed by atoms with Crippen LogP contribution in [0.1, 0.15) is 12.8 Å². The summed E-state index contributed by atoms with van der Waals surface area (Å²) in [6.45, 7) is 1.69. The molecule has 1 saturated heterocycles. The third-order valence-corrected chi connectivity index (χ3v) is 3.58. The fourth-order valence-electron chi connectivity index (χ4n) is 2.61. The Morgan fingerprint density at radius 3 is 2.90 bits per heavy atom. The molecule has 0 aromatic heterocycles. The first-order chi connectivity index (χ1) is 10.1. The summed E-state index contributed by atoms with van der Waals surface area (Å²) in [6, 6.07) is 7.24. The number of ether oxygens (including phenoxy) is 1. The lowest BCUT2D eigenvalue weighted by Gasteiger charge is -2.16. The molecule has 1 unspecified atom stereocenters. The van der Waals surface area contributed by atoms with E-state index in [1.165, 1.54) is 0 Å². The number of rotatable bonds is 6. The molecule has 114 valence electrons. The number of para-hydroxylation sites is 2. The number of nitrogens with zero attached hydrogens (tertiary/aromatic N) is 1. The van der Waals surface area contributed by atoms with Crippen LogP contribution in [0.25, 0.3) is 0 Å². The van der Waals surface area contributed by atoms with Gasteiger partial charge in [0.05, 0.1) is 19.3 Å². The average molecular weight is 292 g/mol. The third kappa shape index (κ3) is 4.46. The Balaban J connectivity index is 1.84. The minimum absolute atomic E-state index is 0.115. The molecule has 1 atom stereocenters. The molecule has 0 saturated carbocycles. The van der Waals surface area contributed by atoms with Gasteiger partial charge in [-0.05, 0) is 31.0 Å². The van der Waals surface area contributed by atoms with Gasteiger partial charge in [-0.25, -0.2) is 0 Å². The normalized spacial score (nSPS) is 18.4. The SMILES string of the molecule is COc1ccccc1NC(=O)CN1CCC(CC(=O)O)C1. The standard InChI is InChI=1S/C15H20N2O4/c1-21-13-5-3-2-4-12(13)16-14(18)10-17-7-6-11(9-17)8-15(19)20/h2-5,11H,6-10H2,1H3,(H,16,18)(H,19,20). The number of carbonyl (C=O) groups is 2. The van der Waals surface area contributed by atoms with Crippen molar-refractivity contribution in [1.29, 1.82) is 0 Å². The van der Waals surface area contributed by atoms with Gasteiger partial charge in [-0.3, -0.25) is 14.5 Å². The zero-order chi connectivity index (χ0) is 15.2. The lowest BCUT2D eigenvalue weighted by Crippen LogP contribution is -2.31. The third-order valence-electron chi connectivity index (χ3n) is 3.58. The zero-order valence-electron chi connectivity index (χ0n) is 12.0. The van der Waals surface area contributed by atoms with E-state index in [-0.39, 0.29) is 24.8 Å². The minimum Gasteiger partial charge on any atom is -0.495 e. The highest BCUT2D eigenvalue weighted by Gasteiger charge is 2.25. The maximum atomic E-state index is 12.0. The topological polar surface area (TPSA) is 78.9 Å². The van der Waals surface area contributed by atoms with E-state index in [0.717, 1.165) is 13.0 Å². The van der Waals surface area contributed by atoms with E-state index in [1.807, 2.05) is 17.0 Å². The summed E-state index contributed by atoms with van der Waals surface area (Å²) in [5, 5.41) is 11.6. The van der Waals surface area contributed by atoms with Gasteiger partial charge in [0.1, 0.15) is 5.75 Å². The summed E-state index contributed by atoms with van der Waals surface area (Å²) in [5.41, 5.74) is 0.645. The van der Waals surface area contributed by atoms with Gasteiger partial charge in [-0.15, -0.1) is 0 Å². The number of carboxylic acid groups (broad SMARTS) is 1. The van der Waals surface area contributed by atoms with Crippen LogP contribution in [-0.4, -0.2) is 48.6 Å². The van der Waals surface area contributed by atoms with Crippen molar-refractivity contribution in [2.75, 3.05) is 32.1 Å². The van der Waals surface area contributed by atoms with Crippen molar-refractivity contribution in [3.63, 3.8) is 0 Å². The number of aliphatic carboxylic acids is 1. The smallest absolute Gasteiger partial charge is 0.303 e. The molecule has 1 amide bonds. The number of methoxy groups -OCH3 is 1. The Kier molecular flexibility index (Phi) is 5.16. The molecule has 2 N–H and O–H groups in total. The zero-order valence-corrected chi connectivity index (χ0v) is 12.0. The van der Waals surface area contributed by atoms with Crippen LogP contribution < -0.4 is 10.1 Å². The van der Waals surface area contributed by atoms with Crippen molar-refractivity contribution in [1.82, 2.24) is 4.90 Å². The van der Waals surface area contributed by atoms with E-state index < -0.39 is 5.97 Å². The lowest BCUT2D eigenvalue weighted by molar-refractivity contribution is -0.138. The second-order valence-electron chi connectivity index (χ2n) is 5.24. The van der Waals surface area contributed by atoms with Crippen LogP contribution in [0.3, 0.4) is 0 Å². The Labute approximate surface area is 123 Å². The van der Waals surface area contributed by atoms with E-state index in [2.05, 4.69) is 5.32 Å². The highest BCUT2D eigenvalue weighted by atomic mass is 16.5. The summed E-state index contributed by atoms with van der Waals surface area (Å²) in [4.78, 5) is 24.7. The summed E-state index contributed by atoms with van der Waals surface area (Å²) in [5.74, 6) is -0.131. The summed E-state index contributed by atoms with van der Waals surface area (Å²) in [7, 11) is 1.56. The molecule has 1 heterocycles. The van der Waals surface area contributed by atoms with Crippen LogP contribution in [0.4, 0.5) is 5.69 Å². The van der Waals surface area contributed by atoms with Crippen molar-refractivity contribution in [2.24, 2.45) is 5.92 Å². The Morgan fingerprint density at radius 2 is 2.19 bits per heavy atom. The molecule has 0 spiro atoms. The molecule has 6 nitrogen and oxygen atoms in total. The predicted molar refractivity (Wildman–Crippen MR) is 78.4 cm³/mol. The quantitative estimate of drug-likeness (QED) is 0.829. The van der Waals surface area contributed by atoms with Crippen LogP contribution in [0.5, 0.6) is 5.75 Å². The molecule has 1 fully saturated rings. The van der Waals surface area contributed by atoms with Crippen molar-refractivity contribution in [3.05, 3.63) is 24.3 Å². The number of carboxylic acids is 1. The number of hydrogen-bond acceptors (Lipinski definition) is 4. The highest BCUT2D eigenvalue weighted by molar-refractivity contribution is 5.93. The van der Waals surface area contributed by atoms with Gasteiger partial charge in [0.25, 0.3) is 0 Å². The number of benzene rings is 1. The predicted octanol–water partition coefficient (Wildman–Crippen LogP) is 1.43. The van der Waals surface area contributed by atoms with Gasteiger partial charge in [0, 0.05) is 13.0 Å². The maximum absolute atomic E-state index is 12.0. The first-order valence-corrected chi connectivity index (χ1v) is 6.95. The average Bonchev–Trinajstić information content (AvgIpc) is 2.85. The van der Waals surface area contributed by atoms with Crippen molar-refractivity contribution in [3.8, 4) is 5.75 Å². The largest absolute Gasteiger partial charge is 0.495 e. The minimum atomic E-state index is -0.777. The molecule has 1 aromatic rings. The molecule has 21 heavy (non-hydrogen) atoms. The van der Waals surface area contributed by atoms with Crippen LogP contribution in [-0.2, 0) is 9.59 Å². The highest BCUT2D eigenvalue weighted by Crippen LogP contribution is 2.23. The van der Waals surface area contributed by atoms with Crippen LogP contribution >= 0.6 is 0 Å². The molecular weight excluding hydrogens is 272 g/mol.